The highest BCUT2D eigenvalue weighted by atomic mass is 32.2. The molecule has 19 heavy (non-hydrogen) atoms. The van der Waals surface area contributed by atoms with E-state index < -0.39 is 31.8 Å². The molecular weight excluding hydrogens is 272 g/mol. The van der Waals surface area contributed by atoms with Crippen molar-refractivity contribution in [3.05, 3.63) is 0 Å². The first kappa shape index (κ1) is 16.1. The Balaban J connectivity index is 2.94. The second-order valence-corrected chi connectivity index (χ2v) is 8.66. The number of rotatable bonds is 4. The molecule has 0 amide bonds. The molecule has 1 heterocycles. The molecule has 0 bridgehead atoms. The fourth-order valence-corrected chi connectivity index (χ4v) is 3.07. The monoisotopic (exact) mass is 292 g/mol. The minimum Gasteiger partial charge on any atom is -0.480 e. The van der Waals surface area contributed by atoms with E-state index >= 15 is 0 Å². The van der Waals surface area contributed by atoms with E-state index in [9.17, 15) is 23.1 Å². The second-order valence-electron chi connectivity index (χ2n) is 5.79. The van der Waals surface area contributed by atoms with Crippen LogP contribution < -0.4 is 0 Å². The zero-order chi connectivity index (χ0) is 14.9. The highest BCUT2D eigenvalue weighted by Gasteiger charge is 2.49. The lowest BCUT2D eigenvalue weighted by molar-refractivity contribution is -0.164. The van der Waals surface area contributed by atoms with Gasteiger partial charge in [-0.05, 0) is 27.2 Å². The number of aliphatic carboxylic acids is 1. The molecule has 0 spiro atoms. The van der Waals surface area contributed by atoms with Gasteiger partial charge in [-0.1, -0.05) is 0 Å². The van der Waals surface area contributed by atoms with E-state index in [1.807, 2.05) is 0 Å². The predicted molar refractivity (Wildman–Crippen MR) is 68.7 cm³/mol. The summed E-state index contributed by atoms with van der Waals surface area (Å²) in [6.07, 6.45) is -0.220. The summed E-state index contributed by atoms with van der Waals surface area (Å²) in [6.45, 7) is 4.60. The van der Waals surface area contributed by atoms with Gasteiger partial charge in [0.05, 0.1) is 23.7 Å². The minimum absolute atomic E-state index is 0.0157. The van der Waals surface area contributed by atoms with Crippen molar-refractivity contribution in [3.8, 4) is 0 Å². The van der Waals surface area contributed by atoms with E-state index in [-0.39, 0.29) is 31.8 Å². The summed E-state index contributed by atoms with van der Waals surface area (Å²) in [7, 11) is -3.46. The zero-order valence-corrected chi connectivity index (χ0v) is 12.2. The zero-order valence-electron chi connectivity index (χ0n) is 11.4. The normalized spacial score (nSPS) is 25.3. The van der Waals surface area contributed by atoms with Crippen LogP contribution in [0.1, 0.15) is 33.6 Å². The third-order valence-electron chi connectivity index (χ3n) is 3.50. The number of ether oxygens (including phenoxy) is 1. The number of carbonyl (C=O) groups is 2. The maximum Gasteiger partial charge on any atom is 0.319 e. The Bertz CT molecular complexity index is 473. The van der Waals surface area contributed by atoms with Crippen molar-refractivity contribution in [2.24, 2.45) is 5.41 Å². The Morgan fingerprint density at radius 1 is 1.42 bits per heavy atom. The number of sulfone groups is 1. The molecule has 0 radical (unpaired) electrons. The molecule has 1 N–H and O–H groups in total. The van der Waals surface area contributed by atoms with Gasteiger partial charge in [0, 0.05) is 6.42 Å². The quantitative estimate of drug-likeness (QED) is 0.764. The van der Waals surface area contributed by atoms with Gasteiger partial charge in [0.15, 0.2) is 21.0 Å². The summed E-state index contributed by atoms with van der Waals surface area (Å²) < 4.78 is 28.1. The van der Waals surface area contributed by atoms with Crippen molar-refractivity contribution in [3.63, 3.8) is 0 Å². The summed E-state index contributed by atoms with van der Waals surface area (Å²) in [5, 5.41) is 9.26. The SMILES string of the molecule is CC(C)(C)S(=O)(=O)CCC1(C(=O)O)COCCC1=O. The first-order chi connectivity index (χ1) is 8.53. The molecule has 0 aliphatic carbocycles. The number of ketones is 1. The Morgan fingerprint density at radius 2 is 2.00 bits per heavy atom. The summed E-state index contributed by atoms with van der Waals surface area (Å²) in [4.78, 5) is 23.2. The number of carbonyl (C=O) groups excluding carboxylic acids is 1. The van der Waals surface area contributed by atoms with Gasteiger partial charge in [0.2, 0.25) is 0 Å². The molecule has 0 aromatic carbocycles. The fourth-order valence-electron chi connectivity index (χ4n) is 1.85. The molecule has 6 nitrogen and oxygen atoms in total. The Morgan fingerprint density at radius 3 is 2.42 bits per heavy atom. The van der Waals surface area contributed by atoms with E-state index in [1.165, 1.54) is 0 Å². The molecule has 1 aliphatic rings. The van der Waals surface area contributed by atoms with Gasteiger partial charge >= 0.3 is 5.97 Å². The second kappa shape index (κ2) is 5.20. The largest absolute Gasteiger partial charge is 0.480 e. The molecule has 1 rings (SSSR count). The molecule has 7 heteroatoms. The Labute approximate surface area is 113 Å². The summed E-state index contributed by atoms with van der Waals surface area (Å²) in [6, 6.07) is 0. The van der Waals surface area contributed by atoms with Crippen LogP contribution in [0.4, 0.5) is 0 Å². The van der Waals surface area contributed by atoms with Crippen LogP contribution in [-0.4, -0.2) is 49.0 Å². The van der Waals surface area contributed by atoms with Crippen LogP contribution in [0.2, 0.25) is 0 Å². The first-order valence-electron chi connectivity index (χ1n) is 6.10. The summed E-state index contributed by atoms with van der Waals surface area (Å²) in [5.41, 5.74) is -1.71. The predicted octanol–water partition coefficient (Wildman–Crippen LogP) is 0.650. The van der Waals surface area contributed by atoms with Crippen LogP contribution in [-0.2, 0) is 24.2 Å². The Hall–Kier alpha value is -0.950. The van der Waals surface area contributed by atoms with Gasteiger partial charge < -0.3 is 9.84 Å². The smallest absolute Gasteiger partial charge is 0.319 e. The topological polar surface area (TPSA) is 97.7 Å². The van der Waals surface area contributed by atoms with E-state index in [4.69, 9.17) is 4.74 Å². The molecule has 1 unspecified atom stereocenters. The molecule has 0 saturated carbocycles. The van der Waals surface area contributed by atoms with Crippen LogP contribution in [0.15, 0.2) is 0 Å². The first-order valence-corrected chi connectivity index (χ1v) is 7.75. The highest BCUT2D eigenvalue weighted by Crippen LogP contribution is 2.31. The molecular formula is C12H20O6S. The summed E-state index contributed by atoms with van der Waals surface area (Å²) >= 11 is 0. The van der Waals surface area contributed by atoms with Crippen LogP contribution in [0.5, 0.6) is 0 Å². The van der Waals surface area contributed by atoms with Gasteiger partial charge in [-0.15, -0.1) is 0 Å². The van der Waals surface area contributed by atoms with Crippen LogP contribution >= 0.6 is 0 Å². The van der Waals surface area contributed by atoms with E-state index in [1.54, 1.807) is 20.8 Å². The van der Waals surface area contributed by atoms with Crippen LogP contribution in [0, 0.1) is 5.41 Å². The maximum absolute atomic E-state index is 12.0. The van der Waals surface area contributed by atoms with Crippen molar-refractivity contribution in [2.45, 2.75) is 38.4 Å². The number of hydrogen-bond donors (Lipinski definition) is 1. The van der Waals surface area contributed by atoms with Gasteiger partial charge in [-0.3, -0.25) is 9.59 Å². The van der Waals surface area contributed by atoms with E-state index in [0.29, 0.717) is 0 Å². The molecule has 1 aliphatic heterocycles. The highest BCUT2D eigenvalue weighted by molar-refractivity contribution is 7.92. The third kappa shape index (κ3) is 3.14. The minimum atomic E-state index is -3.46. The average molecular weight is 292 g/mol. The van der Waals surface area contributed by atoms with Crippen molar-refractivity contribution in [1.29, 1.82) is 0 Å². The summed E-state index contributed by atoms with van der Waals surface area (Å²) in [5.74, 6) is -2.09. The number of carboxylic acid groups (broad SMARTS) is 1. The lowest BCUT2D eigenvalue weighted by atomic mass is 9.79. The number of Topliss-reactive ketones (excluding diaryl/α,β-unsaturated/α-hetero) is 1. The molecule has 0 aromatic heterocycles. The average Bonchev–Trinajstić information content (AvgIpc) is 2.26. The van der Waals surface area contributed by atoms with Gasteiger partial charge in [-0.2, -0.15) is 0 Å². The van der Waals surface area contributed by atoms with Crippen molar-refractivity contribution >= 4 is 21.6 Å². The Kier molecular flexibility index (Phi) is 4.41. The maximum atomic E-state index is 12.0. The van der Waals surface area contributed by atoms with Gasteiger partial charge in [0.25, 0.3) is 0 Å². The van der Waals surface area contributed by atoms with Crippen molar-refractivity contribution in [1.82, 2.24) is 0 Å². The fraction of sp³-hybridized carbons (Fsp3) is 0.833. The van der Waals surface area contributed by atoms with Gasteiger partial charge in [-0.25, -0.2) is 8.42 Å². The van der Waals surface area contributed by atoms with E-state index in [0.717, 1.165) is 0 Å². The van der Waals surface area contributed by atoms with Crippen LogP contribution in [0.3, 0.4) is 0 Å². The lowest BCUT2D eigenvalue weighted by Crippen LogP contribution is -2.48. The van der Waals surface area contributed by atoms with Gasteiger partial charge in [0.1, 0.15) is 0 Å². The molecule has 1 fully saturated rings. The standard InChI is InChI=1S/C12H20O6S/c1-11(2,3)19(16,17)7-5-12(10(14)15)8-18-6-4-9(12)13/h4-8H2,1-3H3,(H,14,15). The lowest BCUT2D eigenvalue weighted by Gasteiger charge is -2.32. The van der Waals surface area contributed by atoms with Crippen molar-refractivity contribution < 1.29 is 27.9 Å². The third-order valence-corrected chi connectivity index (χ3v) is 6.10. The van der Waals surface area contributed by atoms with Crippen molar-refractivity contribution in [2.75, 3.05) is 19.0 Å². The molecule has 1 saturated heterocycles. The number of hydrogen-bond acceptors (Lipinski definition) is 5. The number of carboxylic acids is 1. The molecule has 110 valence electrons. The molecule has 0 aromatic rings. The van der Waals surface area contributed by atoms with E-state index in [2.05, 4.69) is 0 Å². The molecule has 1 atom stereocenters. The van der Waals surface area contributed by atoms with Crippen LogP contribution in [0.25, 0.3) is 0 Å².